The molecule has 0 aliphatic rings. The van der Waals surface area contributed by atoms with Crippen molar-refractivity contribution in [3.63, 3.8) is 0 Å². The Hall–Kier alpha value is -3.90. The van der Waals surface area contributed by atoms with Crippen LogP contribution in [0.25, 0.3) is 22.2 Å². The third-order valence-electron chi connectivity index (χ3n) is 4.51. The van der Waals surface area contributed by atoms with E-state index in [0.29, 0.717) is 27.7 Å². The number of hydrogen-bond acceptors (Lipinski definition) is 3. The number of hydrogen-bond donors (Lipinski definition) is 3. The standard InChI is InChI=1S/C23H17ClN4O2/c24-15-7-5-14(6-8-15)21-13-19(18-3-1-2-4-20(18)28-21)22(29)26-16-9-11-17(12-10-16)27-23(25)30/h1-13H,(H,26,29)(H3,25,27,30). The minimum atomic E-state index is -0.648. The summed E-state index contributed by atoms with van der Waals surface area (Å²) in [5, 5.41) is 6.75. The minimum Gasteiger partial charge on any atom is -0.351 e. The Balaban J connectivity index is 1.69. The van der Waals surface area contributed by atoms with Gasteiger partial charge in [-0.05, 0) is 48.5 Å². The number of carbonyl (C=O) groups is 2. The Morgan fingerprint density at radius 1 is 0.833 bits per heavy atom. The molecule has 0 aliphatic heterocycles. The van der Waals surface area contributed by atoms with Crippen LogP contribution < -0.4 is 16.4 Å². The van der Waals surface area contributed by atoms with Crippen molar-refractivity contribution in [1.29, 1.82) is 0 Å². The summed E-state index contributed by atoms with van der Waals surface area (Å²) in [5.74, 6) is -0.264. The van der Waals surface area contributed by atoms with Crippen LogP contribution in [0.4, 0.5) is 16.2 Å². The lowest BCUT2D eigenvalue weighted by Crippen LogP contribution is -2.19. The van der Waals surface area contributed by atoms with Crippen LogP contribution in [0.15, 0.2) is 78.9 Å². The van der Waals surface area contributed by atoms with Gasteiger partial charge in [0, 0.05) is 27.3 Å². The molecule has 4 rings (SSSR count). The molecular weight excluding hydrogens is 400 g/mol. The second-order valence-corrected chi connectivity index (χ2v) is 7.04. The molecular formula is C23H17ClN4O2. The molecule has 0 atom stereocenters. The number of carbonyl (C=O) groups excluding carboxylic acids is 2. The van der Waals surface area contributed by atoms with Gasteiger partial charge in [-0.25, -0.2) is 9.78 Å². The number of rotatable bonds is 4. The van der Waals surface area contributed by atoms with Crippen LogP contribution in [0, 0.1) is 0 Å². The van der Waals surface area contributed by atoms with Crippen molar-refractivity contribution in [3.8, 4) is 11.3 Å². The molecule has 0 fully saturated rings. The fraction of sp³-hybridized carbons (Fsp3) is 0. The van der Waals surface area contributed by atoms with Crippen LogP contribution in [-0.4, -0.2) is 16.9 Å². The summed E-state index contributed by atoms with van der Waals surface area (Å²) in [6.07, 6.45) is 0. The van der Waals surface area contributed by atoms with Gasteiger partial charge in [-0.15, -0.1) is 0 Å². The Kier molecular flexibility index (Phi) is 5.32. The summed E-state index contributed by atoms with van der Waals surface area (Å²) in [6.45, 7) is 0. The molecule has 1 aromatic heterocycles. The molecule has 30 heavy (non-hydrogen) atoms. The van der Waals surface area contributed by atoms with Crippen LogP contribution in [0.3, 0.4) is 0 Å². The molecule has 7 heteroatoms. The number of fused-ring (bicyclic) bond motifs is 1. The summed E-state index contributed by atoms with van der Waals surface area (Å²) < 4.78 is 0. The third-order valence-corrected chi connectivity index (χ3v) is 4.76. The SMILES string of the molecule is NC(=O)Nc1ccc(NC(=O)c2cc(-c3ccc(Cl)cc3)nc3ccccc23)cc1. The molecule has 6 nitrogen and oxygen atoms in total. The Morgan fingerprint density at radius 3 is 2.13 bits per heavy atom. The van der Waals surface area contributed by atoms with Gasteiger partial charge in [0.1, 0.15) is 0 Å². The van der Waals surface area contributed by atoms with Crippen molar-refractivity contribution >= 4 is 45.8 Å². The fourth-order valence-electron chi connectivity index (χ4n) is 3.11. The normalized spacial score (nSPS) is 10.6. The lowest BCUT2D eigenvalue weighted by molar-refractivity contribution is 0.102. The van der Waals surface area contributed by atoms with Gasteiger partial charge >= 0.3 is 6.03 Å². The van der Waals surface area contributed by atoms with E-state index in [1.807, 2.05) is 36.4 Å². The molecule has 0 bridgehead atoms. The number of primary amides is 1. The van der Waals surface area contributed by atoms with Crippen molar-refractivity contribution in [2.24, 2.45) is 5.73 Å². The average molecular weight is 417 g/mol. The predicted octanol–water partition coefficient (Wildman–Crippen LogP) is 5.30. The van der Waals surface area contributed by atoms with E-state index in [1.165, 1.54) is 0 Å². The highest BCUT2D eigenvalue weighted by atomic mass is 35.5. The number of nitrogens with two attached hydrogens (primary N) is 1. The van der Waals surface area contributed by atoms with Gasteiger partial charge in [-0.3, -0.25) is 4.79 Å². The summed E-state index contributed by atoms with van der Waals surface area (Å²) in [4.78, 5) is 28.7. The zero-order valence-corrected chi connectivity index (χ0v) is 16.5. The Labute approximate surface area is 177 Å². The predicted molar refractivity (Wildman–Crippen MR) is 120 cm³/mol. The smallest absolute Gasteiger partial charge is 0.316 e. The van der Waals surface area contributed by atoms with Gasteiger partial charge < -0.3 is 16.4 Å². The number of para-hydroxylation sites is 1. The molecule has 0 aliphatic carbocycles. The molecule has 0 saturated carbocycles. The number of benzene rings is 3. The second kappa shape index (κ2) is 8.23. The first kappa shape index (κ1) is 19.4. The van der Waals surface area contributed by atoms with Gasteiger partial charge in [0.05, 0.1) is 16.8 Å². The lowest BCUT2D eigenvalue weighted by atomic mass is 10.0. The van der Waals surface area contributed by atoms with Gasteiger partial charge in [0.25, 0.3) is 5.91 Å². The quantitative estimate of drug-likeness (QED) is 0.421. The highest BCUT2D eigenvalue weighted by Gasteiger charge is 2.14. The first-order valence-corrected chi connectivity index (χ1v) is 9.51. The third kappa shape index (κ3) is 4.24. The maximum atomic E-state index is 13.1. The zero-order valence-electron chi connectivity index (χ0n) is 15.7. The molecule has 3 amide bonds. The van der Waals surface area contributed by atoms with E-state index in [9.17, 15) is 9.59 Å². The van der Waals surface area contributed by atoms with E-state index in [0.717, 1.165) is 16.5 Å². The van der Waals surface area contributed by atoms with E-state index < -0.39 is 6.03 Å². The van der Waals surface area contributed by atoms with Crippen molar-refractivity contribution in [2.45, 2.75) is 0 Å². The zero-order chi connectivity index (χ0) is 21.1. The Bertz CT molecular complexity index is 1240. The van der Waals surface area contributed by atoms with Crippen LogP contribution in [-0.2, 0) is 0 Å². The molecule has 0 saturated heterocycles. The molecule has 1 heterocycles. The number of amides is 3. The molecule has 0 unspecified atom stereocenters. The minimum absolute atomic E-state index is 0.264. The van der Waals surface area contributed by atoms with E-state index in [4.69, 9.17) is 17.3 Å². The van der Waals surface area contributed by atoms with Crippen molar-refractivity contribution in [2.75, 3.05) is 10.6 Å². The molecule has 148 valence electrons. The molecule has 4 N–H and O–H groups in total. The number of anilines is 2. The van der Waals surface area contributed by atoms with Crippen LogP contribution in [0.1, 0.15) is 10.4 Å². The highest BCUT2D eigenvalue weighted by molar-refractivity contribution is 6.30. The van der Waals surface area contributed by atoms with Crippen LogP contribution in [0.5, 0.6) is 0 Å². The number of nitrogens with zero attached hydrogens (tertiary/aromatic N) is 1. The highest BCUT2D eigenvalue weighted by Crippen LogP contribution is 2.26. The first-order chi connectivity index (χ1) is 14.5. The lowest BCUT2D eigenvalue weighted by Gasteiger charge is -2.11. The van der Waals surface area contributed by atoms with Gasteiger partial charge in [-0.2, -0.15) is 0 Å². The second-order valence-electron chi connectivity index (χ2n) is 6.60. The monoisotopic (exact) mass is 416 g/mol. The van der Waals surface area contributed by atoms with Crippen molar-refractivity contribution in [3.05, 3.63) is 89.4 Å². The molecule has 0 radical (unpaired) electrons. The molecule has 0 spiro atoms. The van der Waals surface area contributed by atoms with Gasteiger partial charge in [-0.1, -0.05) is 41.9 Å². The topological polar surface area (TPSA) is 97.1 Å². The van der Waals surface area contributed by atoms with E-state index in [1.54, 1.807) is 42.5 Å². The summed E-state index contributed by atoms with van der Waals surface area (Å²) >= 11 is 5.99. The van der Waals surface area contributed by atoms with Crippen molar-refractivity contribution in [1.82, 2.24) is 4.98 Å². The van der Waals surface area contributed by atoms with E-state index in [2.05, 4.69) is 15.6 Å². The van der Waals surface area contributed by atoms with Crippen LogP contribution in [0.2, 0.25) is 5.02 Å². The van der Waals surface area contributed by atoms with E-state index in [-0.39, 0.29) is 5.91 Å². The number of aromatic nitrogens is 1. The maximum absolute atomic E-state index is 13.1. The van der Waals surface area contributed by atoms with Crippen molar-refractivity contribution < 1.29 is 9.59 Å². The Morgan fingerprint density at radius 2 is 1.47 bits per heavy atom. The first-order valence-electron chi connectivity index (χ1n) is 9.13. The summed E-state index contributed by atoms with van der Waals surface area (Å²) in [6, 6.07) is 22.6. The van der Waals surface area contributed by atoms with Gasteiger partial charge in [0.2, 0.25) is 0 Å². The molecule has 3 aromatic carbocycles. The maximum Gasteiger partial charge on any atom is 0.316 e. The molecule has 4 aromatic rings. The number of urea groups is 1. The van der Waals surface area contributed by atoms with Crippen LogP contribution >= 0.6 is 11.6 Å². The van der Waals surface area contributed by atoms with Gasteiger partial charge in [0.15, 0.2) is 0 Å². The summed E-state index contributed by atoms with van der Waals surface area (Å²) in [5.41, 5.74) is 9.00. The number of nitrogens with one attached hydrogen (secondary N) is 2. The summed E-state index contributed by atoms with van der Waals surface area (Å²) in [7, 11) is 0. The number of halogens is 1. The fourth-order valence-corrected chi connectivity index (χ4v) is 3.24. The number of pyridine rings is 1. The largest absolute Gasteiger partial charge is 0.351 e. The van der Waals surface area contributed by atoms with E-state index >= 15 is 0 Å². The average Bonchev–Trinajstić information content (AvgIpc) is 2.74.